The van der Waals surface area contributed by atoms with Gasteiger partial charge in [0.1, 0.15) is 12.3 Å². The van der Waals surface area contributed by atoms with Crippen molar-refractivity contribution in [3.63, 3.8) is 0 Å². The van der Waals surface area contributed by atoms with Crippen molar-refractivity contribution in [1.82, 2.24) is 14.8 Å². The number of hydrogen-bond acceptors (Lipinski definition) is 3. The van der Waals surface area contributed by atoms with Gasteiger partial charge < -0.3 is 5.32 Å². The zero-order valence-corrected chi connectivity index (χ0v) is 30.0. The zero-order valence-electron chi connectivity index (χ0n) is 30.0. The lowest BCUT2D eigenvalue weighted by atomic mass is 9.81. The molecule has 2 heterocycles. The number of hydrogen-bond donors (Lipinski definition) is 1. The molecule has 53 heavy (non-hydrogen) atoms. The first-order valence-electron chi connectivity index (χ1n) is 18.6. The maximum absolute atomic E-state index is 5.57. The van der Waals surface area contributed by atoms with Crippen LogP contribution in [-0.4, -0.2) is 22.5 Å². The minimum absolute atomic E-state index is 0.134. The molecule has 1 aromatic heterocycles. The average Bonchev–Trinajstić information content (AvgIpc) is 3.66. The highest BCUT2D eigenvalue weighted by Crippen LogP contribution is 2.51. The van der Waals surface area contributed by atoms with Gasteiger partial charge in [-0.3, -0.25) is 9.47 Å². The Labute approximate surface area is 308 Å². The molecule has 1 aliphatic carbocycles. The highest BCUT2D eigenvalue weighted by molar-refractivity contribution is 6.30. The number of rotatable bonds is 2. The summed E-state index contributed by atoms with van der Waals surface area (Å²) < 4.78 is 2.37. The van der Waals surface area contributed by atoms with E-state index >= 15 is 0 Å². The maximum atomic E-state index is 5.57. The van der Waals surface area contributed by atoms with Crippen LogP contribution in [0.2, 0.25) is 0 Å². The summed E-state index contributed by atoms with van der Waals surface area (Å²) >= 11 is 0. The van der Waals surface area contributed by atoms with Crippen LogP contribution in [0.1, 0.15) is 48.4 Å². The van der Waals surface area contributed by atoms with Gasteiger partial charge in [-0.2, -0.15) is 0 Å². The summed E-state index contributed by atoms with van der Waals surface area (Å²) in [5.74, 6) is 0.849. The van der Waals surface area contributed by atoms with Crippen LogP contribution in [-0.2, 0) is 5.41 Å². The first-order valence-corrected chi connectivity index (χ1v) is 18.6. The predicted octanol–water partition coefficient (Wildman–Crippen LogP) is 11.7. The molecule has 0 saturated carbocycles. The molecule has 0 bridgehead atoms. The fourth-order valence-corrected chi connectivity index (χ4v) is 9.37. The van der Waals surface area contributed by atoms with Gasteiger partial charge in [-0.15, -0.1) is 0 Å². The zero-order chi connectivity index (χ0) is 35.4. The van der Waals surface area contributed by atoms with Crippen molar-refractivity contribution in [1.29, 1.82) is 0 Å². The van der Waals surface area contributed by atoms with Crippen LogP contribution in [0.4, 0.5) is 0 Å². The fourth-order valence-electron chi connectivity index (χ4n) is 9.37. The second kappa shape index (κ2) is 11.1. The lowest BCUT2D eigenvalue weighted by molar-refractivity contribution is 0.150. The highest BCUT2D eigenvalue weighted by Gasteiger charge is 2.38. The maximum Gasteiger partial charge on any atom is 0.206 e. The van der Waals surface area contributed by atoms with E-state index in [2.05, 4.69) is 193 Å². The molecule has 0 amide bonds. The minimum atomic E-state index is -0.199. The van der Waals surface area contributed by atoms with Gasteiger partial charge in [-0.1, -0.05) is 147 Å². The van der Waals surface area contributed by atoms with Gasteiger partial charge in [0.2, 0.25) is 5.96 Å². The van der Waals surface area contributed by atoms with Crippen LogP contribution >= 0.6 is 0 Å². The van der Waals surface area contributed by atoms with Crippen LogP contribution in [0, 0.1) is 0 Å². The molecule has 2 atom stereocenters. The van der Waals surface area contributed by atoms with Crippen LogP contribution in [0.3, 0.4) is 0 Å². The van der Waals surface area contributed by atoms with E-state index in [0.29, 0.717) is 0 Å². The van der Waals surface area contributed by atoms with Gasteiger partial charge in [-0.25, -0.2) is 4.99 Å². The summed E-state index contributed by atoms with van der Waals surface area (Å²) in [5.41, 5.74) is 9.97. The van der Waals surface area contributed by atoms with Crippen LogP contribution in [0.25, 0.3) is 65.3 Å². The van der Waals surface area contributed by atoms with Crippen LogP contribution in [0.15, 0.2) is 163 Å². The lowest BCUT2D eigenvalue weighted by Crippen LogP contribution is -2.48. The lowest BCUT2D eigenvalue weighted by Gasteiger charge is -2.40. The second-order valence-electron chi connectivity index (χ2n) is 15.3. The van der Waals surface area contributed by atoms with Crippen molar-refractivity contribution in [3.8, 4) is 11.1 Å². The average molecular weight is 683 g/mol. The Balaban J connectivity index is 1.13. The molecular formula is C49H38N4. The second-order valence-corrected chi connectivity index (χ2v) is 15.3. The molecule has 4 heteroatoms. The van der Waals surface area contributed by atoms with E-state index in [1.807, 2.05) is 0 Å². The quantitative estimate of drug-likeness (QED) is 0.197. The summed E-state index contributed by atoms with van der Waals surface area (Å²) in [5, 5.41) is 14.1. The van der Waals surface area contributed by atoms with E-state index < -0.39 is 0 Å². The molecule has 0 saturated heterocycles. The van der Waals surface area contributed by atoms with Gasteiger partial charge in [0.25, 0.3) is 0 Å². The molecule has 254 valence electrons. The topological polar surface area (TPSA) is 32.6 Å². The van der Waals surface area contributed by atoms with Crippen molar-refractivity contribution in [2.45, 2.75) is 31.6 Å². The largest absolute Gasteiger partial charge is 0.336 e. The Morgan fingerprint density at radius 1 is 0.528 bits per heavy atom. The number of nitrogens with zero attached hydrogens (tertiary/aromatic N) is 3. The molecule has 2 unspecified atom stereocenters. The van der Waals surface area contributed by atoms with Gasteiger partial charge in [0, 0.05) is 16.2 Å². The molecule has 11 rings (SSSR count). The summed E-state index contributed by atoms with van der Waals surface area (Å²) in [7, 11) is 2.20. The Kier molecular flexibility index (Phi) is 6.39. The Bertz CT molecular complexity index is 2890. The molecule has 2 aliphatic rings. The van der Waals surface area contributed by atoms with Crippen molar-refractivity contribution in [2.75, 3.05) is 7.05 Å². The first kappa shape index (κ1) is 30.4. The highest BCUT2D eigenvalue weighted by atomic mass is 15.4. The SMILES string of the molecule is CN1C(c2ccccc2)N=C(n2c3ccc4ccccc4c3c3c4ccccc4ccc32)NC1c1ccc2c(c1)C(C)(C)c1cc3ccccc3cc1-2. The van der Waals surface area contributed by atoms with E-state index in [0.717, 1.165) is 22.6 Å². The van der Waals surface area contributed by atoms with Crippen molar-refractivity contribution < 1.29 is 0 Å². The van der Waals surface area contributed by atoms with Gasteiger partial charge in [0.05, 0.1) is 11.0 Å². The molecule has 0 spiro atoms. The smallest absolute Gasteiger partial charge is 0.206 e. The van der Waals surface area contributed by atoms with E-state index in [-0.39, 0.29) is 17.7 Å². The van der Waals surface area contributed by atoms with Crippen LogP contribution in [0.5, 0.6) is 0 Å². The molecule has 1 N–H and O–H groups in total. The van der Waals surface area contributed by atoms with Gasteiger partial charge >= 0.3 is 0 Å². The van der Waals surface area contributed by atoms with E-state index in [1.54, 1.807) is 0 Å². The van der Waals surface area contributed by atoms with E-state index in [1.165, 1.54) is 70.9 Å². The fraction of sp³-hybridized carbons (Fsp3) is 0.122. The Morgan fingerprint density at radius 2 is 1.09 bits per heavy atom. The van der Waals surface area contributed by atoms with Gasteiger partial charge in [-0.05, 0) is 97.0 Å². The number of aromatic nitrogens is 1. The van der Waals surface area contributed by atoms with Gasteiger partial charge in [0.15, 0.2) is 0 Å². The van der Waals surface area contributed by atoms with Crippen molar-refractivity contribution in [2.24, 2.45) is 4.99 Å². The first-order chi connectivity index (χ1) is 26.0. The summed E-state index contributed by atoms with van der Waals surface area (Å²) in [6, 6.07) is 57.9. The minimum Gasteiger partial charge on any atom is -0.336 e. The molecule has 8 aromatic carbocycles. The molecular weight excluding hydrogens is 645 g/mol. The van der Waals surface area contributed by atoms with E-state index in [4.69, 9.17) is 4.99 Å². The van der Waals surface area contributed by atoms with Crippen LogP contribution < -0.4 is 5.32 Å². The summed E-state index contributed by atoms with van der Waals surface area (Å²) in [6.07, 6.45) is -0.334. The predicted molar refractivity (Wildman–Crippen MR) is 222 cm³/mol. The summed E-state index contributed by atoms with van der Waals surface area (Å²) in [4.78, 5) is 7.95. The number of aliphatic imine (C=N–C) groups is 1. The van der Waals surface area contributed by atoms with E-state index in [9.17, 15) is 0 Å². The Hall–Kier alpha value is -6.23. The molecule has 4 nitrogen and oxygen atoms in total. The normalized spacial score (nSPS) is 18.1. The third-order valence-electron chi connectivity index (χ3n) is 12.0. The Morgan fingerprint density at radius 3 is 1.75 bits per heavy atom. The number of fused-ring (bicyclic) bond motifs is 11. The van der Waals surface area contributed by atoms with Crippen molar-refractivity contribution in [3.05, 3.63) is 180 Å². The van der Waals surface area contributed by atoms with Crippen molar-refractivity contribution >= 4 is 60.1 Å². The standard InChI is InChI=1S/C49H38N4/c1-49(2)40-29-35(21-24-38(40)39-27-33-17-7-8-18-34(33)28-41(39)49)47-51-48(50-46(52(47)3)32-15-5-4-6-16-32)53-42-25-22-30-13-9-11-19-36(30)44(42)45-37-20-12-10-14-31(37)23-26-43(45)53/h4-29,46-47H,1-3H3,(H,50,51). The monoisotopic (exact) mass is 682 g/mol. The third kappa shape index (κ3) is 4.36. The molecule has 1 aliphatic heterocycles. The third-order valence-corrected chi connectivity index (χ3v) is 12.0. The summed E-state index contributed by atoms with van der Waals surface area (Å²) in [6.45, 7) is 4.75. The molecule has 9 aromatic rings. The molecule has 0 radical (unpaired) electrons. The number of nitrogens with one attached hydrogen (secondary N) is 1. The number of benzene rings is 8. The molecule has 0 fully saturated rings.